The Labute approximate surface area is 166 Å². The molecule has 0 spiro atoms. The van der Waals surface area contributed by atoms with Gasteiger partial charge >= 0.3 is 0 Å². The summed E-state index contributed by atoms with van der Waals surface area (Å²) in [4.78, 5) is 29.3. The number of quaternary nitrogens is 1. The maximum atomic E-state index is 13.0. The first-order valence-corrected chi connectivity index (χ1v) is 10.7. The predicted molar refractivity (Wildman–Crippen MR) is 108 cm³/mol. The minimum Gasteiger partial charge on any atom is -0.360 e. The minimum atomic E-state index is -0.366. The average Bonchev–Trinajstić information content (AvgIpc) is 2.74. The Morgan fingerprint density at radius 1 is 1.04 bits per heavy atom. The largest absolute Gasteiger partial charge is 0.360 e. The SMILES string of the molecule is O=C(C[NH+]1CCN(c2ccc([N+](=O)[O-])cc2)CC1)N1CCC[C@H]2CCCC[C@@H]21. The summed E-state index contributed by atoms with van der Waals surface area (Å²) in [6.45, 7) is 5.19. The molecule has 1 saturated carbocycles. The predicted octanol–water partition coefficient (Wildman–Crippen LogP) is 1.48. The summed E-state index contributed by atoms with van der Waals surface area (Å²) in [5, 5.41) is 10.8. The van der Waals surface area contributed by atoms with Gasteiger partial charge in [-0.2, -0.15) is 0 Å². The number of carbonyl (C=O) groups is 1. The number of amides is 1. The van der Waals surface area contributed by atoms with E-state index in [1.165, 1.54) is 37.0 Å². The van der Waals surface area contributed by atoms with Gasteiger partial charge in [0, 0.05) is 30.4 Å². The zero-order valence-corrected chi connectivity index (χ0v) is 16.5. The molecule has 2 aliphatic heterocycles. The lowest BCUT2D eigenvalue weighted by molar-refractivity contribution is -0.892. The number of hydrogen-bond donors (Lipinski definition) is 1. The number of nitro benzene ring substituents is 1. The number of likely N-dealkylation sites (tertiary alicyclic amines) is 1. The van der Waals surface area contributed by atoms with Gasteiger partial charge in [-0.25, -0.2) is 0 Å². The molecule has 152 valence electrons. The number of piperazine rings is 1. The number of nitrogens with zero attached hydrogens (tertiary/aromatic N) is 3. The van der Waals surface area contributed by atoms with E-state index in [9.17, 15) is 14.9 Å². The zero-order valence-electron chi connectivity index (χ0n) is 16.5. The Bertz CT molecular complexity index is 698. The summed E-state index contributed by atoms with van der Waals surface area (Å²) in [5.41, 5.74) is 1.15. The lowest BCUT2D eigenvalue weighted by Gasteiger charge is -2.44. The Kier molecular flexibility index (Phi) is 5.80. The molecule has 4 rings (SSSR count). The van der Waals surface area contributed by atoms with Crippen molar-refractivity contribution in [2.75, 3.05) is 44.2 Å². The maximum Gasteiger partial charge on any atom is 0.278 e. The number of non-ortho nitro benzene ring substituents is 1. The first-order valence-electron chi connectivity index (χ1n) is 10.7. The fourth-order valence-corrected chi connectivity index (χ4v) is 5.29. The van der Waals surface area contributed by atoms with Gasteiger partial charge in [-0.1, -0.05) is 12.8 Å². The monoisotopic (exact) mass is 387 g/mol. The molecular formula is C21H31N4O3+. The smallest absolute Gasteiger partial charge is 0.278 e. The van der Waals surface area contributed by atoms with Crippen LogP contribution < -0.4 is 9.80 Å². The van der Waals surface area contributed by atoms with Crippen molar-refractivity contribution in [3.63, 3.8) is 0 Å². The van der Waals surface area contributed by atoms with Crippen molar-refractivity contribution in [1.29, 1.82) is 0 Å². The topological polar surface area (TPSA) is 71.1 Å². The number of nitro groups is 1. The van der Waals surface area contributed by atoms with Crippen LogP contribution >= 0.6 is 0 Å². The van der Waals surface area contributed by atoms with Crippen molar-refractivity contribution in [3.05, 3.63) is 34.4 Å². The number of nitrogens with one attached hydrogen (secondary N) is 1. The van der Waals surface area contributed by atoms with Crippen molar-refractivity contribution in [3.8, 4) is 0 Å². The van der Waals surface area contributed by atoms with E-state index in [2.05, 4.69) is 9.80 Å². The molecule has 0 radical (unpaired) electrons. The van der Waals surface area contributed by atoms with Crippen molar-refractivity contribution in [1.82, 2.24) is 4.90 Å². The fourth-order valence-electron chi connectivity index (χ4n) is 5.29. The number of piperidine rings is 1. The molecule has 3 aliphatic rings. The van der Waals surface area contributed by atoms with Crippen molar-refractivity contribution < 1.29 is 14.6 Å². The van der Waals surface area contributed by atoms with E-state index in [0.717, 1.165) is 50.7 Å². The first kappa shape index (κ1) is 19.2. The molecule has 1 aliphatic carbocycles. The van der Waals surface area contributed by atoms with Gasteiger partial charge in [-0.3, -0.25) is 14.9 Å². The lowest BCUT2D eigenvalue weighted by Crippen LogP contribution is -3.16. The van der Waals surface area contributed by atoms with E-state index < -0.39 is 0 Å². The highest BCUT2D eigenvalue weighted by Crippen LogP contribution is 2.35. The summed E-state index contributed by atoms with van der Waals surface area (Å²) in [6, 6.07) is 7.27. The van der Waals surface area contributed by atoms with Gasteiger partial charge < -0.3 is 14.7 Å². The second-order valence-corrected chi connectivity index (χ2v) is 8.53. The Balaban J connectivity index is 1.29. The van der Waals surface area contributed by atoms with Gasteiger partial charge in [0.25, 0.3) is 11.6 Å². The van der Waals surface area contributed by atoms with E-state index in [-0.39, 0.29) is 10.6 Å². The van der Waals surface area contributed by atoms with Crippen LogP contribution in [0.25, 0.3) is 0 Å². The minimum absolute atomic E-state index is 0.126. The van der Waals surface area contributed by atoms with Crippen LogP contribution in [-0.2, 0) is 4.79 Å². The van der Waals surface area contributed by atoms with Crippen LogP contribution in [0.4, 0.5) is 11.4 Å². The van der Waals surface area contributed by atoms with Gasteiger partial charge in [-0.05, 0) is 43.7 Å². The molecule has 1 aromatic carbocycles. The summed E-state index contributed by atoms with van der Waals surface area (Å²) in [5.74, 6) is 1.08. The first-order chi connectivity index (χ1) is 13.6. The lowest BCUT2D eigenvalue weighted by atomic mass is 9.78. The molecule has 1 aromatic rings. The third kappa shape index (κ3) is 4.14. The molecule has 3 fully saturated rings. The molecule has 7 nitrogen and oxygen atoms in total. The second-order valence-electron chi connectivity index (χ2n) is 8.53. The quantitative estimate of drug-likeness (QED) is 0.628. The normalized spacial score (nSPS) is 26.0. The van der Waals surface area contributed by atoms with E-state index in [4.69, 9.17) is 0 Å². The van der Waals surface area contributed by atoms with Gasteiger partial charge in [0.05, 0.1) is 31.1 Å². The van der Waals surface area contributed by atoms with Crippen LogP contribution in [0.5, 0.6) is 0 Å². The third-order valence-corrected chi connectivity index (χ3v) is 6.86. The summed E-state index contributed by atoms with van der Waals surface area (Å²) < 4.78 is 0. The van der Waals surface area contributed by atoms with Gasteiger partial charge in [0.15, 0.2) is 6.54 Å². The Morgan fingerprint density at radius 2 is 1.71 bits per heavy atom. The number of fused-ring (bicyclic) bond motifs is 1. The summed E-state index contributed by atoms with van der Waals surface area (Å²) >= 11 is 0. The summed E-state index contributed by atoms with van der Waals surface area (Å²) in [6.07, 6.45) is 7.56. The van der Waals surface area contributed by atoms with E-state index in [0.29, 0.717) is 18.5 Å². The molecule has 0 unspecified atom stereocenters. The Hall–Kier alpha value is -2.15. The molecule has 2 heterocycles. The Morgan fingerprint density at radius 3 is 2.43 bits per heavy atom. The van der Waals surface area contributed by atoms with E-state index in [1.54, 1.807) is 12.1 Å². The zero-order chi connectivity index (χ0) is 19.5. The van der Waals surface area contributed by atoms with Crippen molar-refractivity contribution in [2.24, 2.45) is 5.92 Å². The molecule has 7 heteroatoms. The highest BCUT2D eigenvalue weighted by Gasteiger charge is 2.37. The number of carbonyl (C=O) groups excluding carboxylic acids is 1. The highest BCUT2D eigenvalue weighted by molar-refractivity contribution is 5.77. The van der Waals surface area contributed by atoms with Crippen molar-refractivity contribution >= 4 is 17.3 Å². The van der Waals surface area contributed by atoms with Crippen molar-refractivity contribution in [2.45, 2.75) is 44.6 Å². The second kappa shape index (κ2) is 8.47. The molecular weight excluding hydrogens is 356 g/mol. The van der Waals surface area contributed by atoms with Gasteiger partial charge in [0.2, 0.25) is 0 Å². The van der Waals surface area contributed by atoms with E-state index >= 15 is 0 Å². The number of hydrogen-bond acceptors (Lipinski definition) is 4. The molecule has 1 amide bonds. The van der Waals surface area contributed by atoms with Crippen LogP contribution in [0, 0.1) is 16.0 Å². The average molecular weight is 388 g/mol. The molecule has 2 saturated heterocycles. The third-order valence-electron chi connectivity index (χ3n) is 6.86. The van der Waals surface area contributed by atoms with Crippen LogP contribution in [0.15, 0.2) is 24.3 Å². The van der Waals surface area contributed by atoms with Gasteiger partial charge in [0.1, 0.15) is 0 Å². The number of benzene rings is 1. The molecule has 2 atom stereocenters. The molecule has 28 heavy (non-hydrogen) atoms. The van der Waals surface area contributed by atoms with Crippen LogP contribution in [0.2, 0.25) is 0 Å². The standard InChI is InChI=1S/C21H30N4O3/c26-21(24-11-3-5-17-4-1-2-6-20(17)24)16-22-12-14-23(15-13-22)18-7-9-19(10-8-18)25(27)28/h7-10,17,20H,1-6,11-16H2/p+1/t17-,20+/m1/s1. The molecule has 0 bridgehead atoms. The maximum absolute atomic E-state index is 13.0. The molecule has 1 N–H and O–H groups in total. The van der Waals surface area contributed by atoms with E-state index in [1.807, 2.05) is 12.1 Å². The highest BCUT2D eigenvalue weighted by atomic mass is 16.6. The van der Waals surface area contributed by atoms with Crippen LogP contribution in [0.3, 0.4) is 0 Å². The van der Waals surface area contributed by atoms with Gasteiger partial charge in [-0.15, -0.1) is 0 Å². The van der Waals surface area contributed by atoms with Crippen LogP contribution in [-0.4, -0.2) is 61.0 Å². The molecule has 0 aromatic heterocycles. The number of rotatable bonds is 4. The number of anilines is 1. The fraction of sp³-hybridized carbons (Fsp3) is 0.667. The van der Waals surface area contributed by atoms with Crippen LogP contribution in [0.1, 0.15) is 38.5 Å². The summed E-state index contributed by atoms with van der Waals surface area (Å²) in [7, 11) is 0.